The van der Waals surface area contributed by atoms with Crippen LogP contribution in [0.3, 0.4) is 0 Å². The Kier molecular flexibility index (Phi) is 18.4. The summed E-state index contributed by atoms with van der Waals surface area (Å²) in [6.45, 7) is 17.7. The van der Waals surface area contributed by atoms with E-state index in [9.17, 15) is 22.9 Å². The first-order chi connectivity index (χ1) is 29.3. The monoisotopic (exact) mass is 903 g/mol. The topological polar surface area (TPSA) is 148 Å². The first kappa shape index (κ1) is 50.2. The van der Waals surface area contributed by atoms with Crippen molar-refractivity contribution in [1.82, 2.24) is 4.98 Å². The molecule has 1 N–H and O–H groups in total. The van der Waals surface area contributed by atoms with E-state index in [0.717, 1.165) is 12.9 Å². The smallest absolute Gasteiger partial charge is 0.335 e. The van der Waals surface area contributed by atoms with Crippen molar-refractivity contribution >= 4 is 41.9 Å². The molecule has 11 nitrogen and oxygen atoms in total. The van der Waals surface area contributed by atoms with E-state index in [1.54, 1.807) is 57.3 Å². The Morgan fingerprint density at radius 3 is 1.82 bits per heavy atom. The molecule has 0 saturated heterocycles. The highest BCUT2D eigenvalue weighted by atomic mass is 32.2. The first-order valence-electron chi connectivity index (χ1n) is 20.8. The van der Waals surface area contributed by atoms with E-state index in [1.165, 1.54) is 34.6 Å². The van der Waals surface area contributed by atoms with Crippen LogP contribution in [0, 0.1) is 5.92 Å². The van der Waals surface area contributed by atoms with Crippen molar-refractivity contribution in [2.45, 2.75) is 84.0 Å². The Balaban J connectivity index is 0.000000323. The Hall–Kier alpha value is -4.46. The van der Waals surface area contributed by atoms with Crippen LogP contribution in [0.2, 0.25) is 5.04 Å². The van der Waals surface area contributed by atoms with Gasteiger partial charge in [-0.05, 0) is 90.1 Å². The lowest BCUT2D eigenvalue weighted by Gasteiger charge is -2.43. The number of pyridine rings is 1. The Bertz CT molecular complexity index is 2270. The van der Waals surface area contributed by atoms with Crippen LogP contribution in [0.4, 0.5) is 0 Å². The van der Waals surface area contributed by atoms with Crippen LogP contribution in [0.1, 0.15) is 77.0 Å². The molecule has 0 amide bonds. The minimum Gasteiger partial charge on any atom is -0.488 e. The average Bonchev–Trinajstić information content (AvgIpc) is 3.22. The predicted octanol–water partition coefficient (Wildman–Crippen LogP) is 9.45. The molecule has 0 saturated carbocycles. The van der Waals surface area contributed by atoms with Crippen LogP contribution >= 0.6 is 7.60 Å². The number of aromatic nitrogens is 1. The summed E-state index contributed by atoms with van der Waals surface area (Å²) in [5, 5.41) is 12.2. The van der Waals surface area contributed by atoms with Crippen LogP contribution in [-0.4, -0.2) is 71.4 Å². The lowest BCUT2D eigenvalue weighted by molar-refractivity contribution is 0.0989. The summed E-state index contributed by atoms with van der Waals surface area (Å²) in [7, 11) is -8.95. The number of nitrogens with zero attached hydrogens (tertiary/aromatic N) is 1. The molecule has 5 aromatic rings. The number of Topliss-reactive ketones (excluding diaryl/α,β-unsaturated/α-hetero) is 1. The van der Waals surface area contributed by atoms with Crippen molar-refractivity contribution in [1.29, 1.82) is 0 Å². The second-order valence-corrected chi connectivity index (χ2v) is 24.8. The summed E-state index contributed by atoms with van der Waals surface area (Å²) in [4.78, 5) is 17.7. The normalized spacial score (nSPS) is 12.6. The lowest BCUT2D eigenvalue weighted by Crippen LogP contribution is -2.66. The molecular weight excluding hydrogens is 842 g/mol. The fourth-order valence-corrected chi connectivity index (χ4v) is 13.8. The van der Waals surface area contributed by atoms with E-state index >= 15 is 0 Å². The zero-order valence-electron chi connectivity index (χ0n) is 37.4. The third-order valence-electron chi connectivity index (χ3n) is 9.59. The Morgan fingerprint density at radius 2 is 1.35 bits per heavy atom. The highest BCUT2D eigenvalue weighted by Crippen LogP contribution is 2.51. The molecule has 0 bridgehead atoms. The molecule has 1 atom stereocenters. The number of hydrogen-bond donors (Lipinski definition) is 1. The van der Waals surface area contributed by atoms with Crippen molar-refractivity contribution in [2.75, 3.05) is 32.7 Å². The lowest BCUT2D eigenvalue weighted by atomic mass is 10.0. The standard InChI is InChI=1S/C28H34NO9PS.C20H28OSi/c1-5-35-39(32,36-6-2)19-21-7-8-23(29-17-21)15-28(31)22-13-25(37-20(3)18-30)16-26(14-22)38-24-9-11-27(12-10-24)40(4,33)34;1-17(2)16-21-22(20(3,4)5,18-12-8-6-9-13-18)19-14-10-7-11-15-19/h7-14,16-17,20,30H,5-6,15,18-19H2,1-4H3;6-15,17H,16H2,1-5H3/t20-;/m0./s1. The zero-order valence-corrected chi connectivity index (χ0v) is 40.1. The maximum Gasteiger partial charge on any atom is 0.335 e. The van der Waals surface area contributed by atoms with Gasteiger partial charge in [0.1, 0.15) is 23.4 Å². The van der Waals surface area contributed by atoms with Crippen LogP contribution < -0.4 is 19.8 Å². The number of ether oxygens (including phenoxy) is 2. The maximum absolute atomic E-state index is 13.2. The number of aliphatic hydroxyl groups excluding tert-OH is 1. The van der Waals surface area contributed by atoms with Gasteiger partial charge in [0.2, 0.25) is 0 Å². The quantitative estimate of drug-likeness (QED) is 0.0453. The van der Waals surface area contributed by atoms with E-state index in [1.807, 2.05) is 0 Å². The van der Waals surface area contributed by atoms with Crippen molar-refractivity contribution in [3.8, 4) is 17.2 Å². The number of sulfone groups is 1. The van der Waals surface area contributed by atoms with Crippen LogP contribution in [0.15, 0.2) is 126 Å². The van der Waals surface area contributed by atoms with E-state index < -0.39 is 31.9 Å². The highest BCUT2D eigenvalue weighted by Gasteiger charge is 2.50. The largest absolute Gasteiger partial charge is 0.488 e. The van der Waals surface area contributed by atoms with Gasteiger partial charge in [0.25, 0.3) is 8.32 Å². The van der Waals surface area contributed by atoms with E-state index in [2.05, 4.69) is 100 Å². The van der Waals surface area contributed by atoms with Gasteiger partial charge in [-0.15, -0.1) is 0 Å². The van der Waals surface area contributed by atoms with Gasteiger partial charge in [-0.25, -0.2) is 8.42 Å². The molecule has 1 heterocycles. The summed E-state index contributed by atoms with van der Waals surface area (Å²) >= 11 is 0. The summed E-state index contributed by atoms with van der Waals surface area (Å²) in [5.74, 6) is 1.26. The Morgan fingerprint density at radius 1 is 0.790 bits per heavy atom. The minimum absolute atomic E-state index is 0.0175. The summed E-state index contributed by atoms with van der Waals surface area (Å²) in [5.41, 5.74) is 1.46. The van der Waals surface area contributed by atoms with E-state index in [0.29, 0.717) is 40.0 Å². The molecule has 0 fully saturated rings. The molecule has 1 aromatic heterocycles. The van der Waals surface area contributed by atoms with Crippen molar-refractivity contribution < 1.29 is 45.8 Å². The average molecular weight is 904 g/mol. The van der Waals surface area contributed by atoms with Gasteiger partial charge in [-0.3, -0.25) is 14.3 Å². The molecule has 0 radical (unpaired) electrons. The third kappa shape index (κ3) is 14.3. The van der Waals surface area contributed by atoms with Crippen LogP contribution in [-0.2, 0) is 40.5 Å². The van der Waals surface area contributed by atoms with Gasteiger partial charge in [0.15, 0.2) is 15.6 Å². The number of hydrogen-bond acceptors (Lipinski definition) is 11. The second kappa shape index (κ2) is 22.8. The van der Waals surface area contributed by atoms with Crippen molar-refractivity contribution in [3.63, 3.8) is 0 Å². The summed E-state index contributed by atoms with van der Waals surface area (Å²) < 4.78 is 65.3. The molecule has 0 unspecified atom stereocenters. The molecule has 0 aliphatic heterocycles. The van der Waals surface area contributed by atoms with Gasteiger partial charge in [0, 0.05) is 36.4 Å². The predicted molar refractivity (Wildman–Crippen MR) is 248 cm³/mol. The number of aliphatic hydroxyl groups is 1. The Labute approximate surface area is 369 Å². The third-order valence-corrected chi connectivity index (χ3v) is 17.8. The fourth-order valence-electron chi connectivity index (χ4n) is 6.74. The van der Waals surface area contributed by atoms with Gasteiger partial charge in [-0.1, -0.05) is 101 Å². The highest BCUT2D eigenvalue weighted by molar-refractivity contribution is 7.90. The molecule has 5 rings (SSSR count). The molecule has 14 heteroatoms. The van der Waals surface area contributed by atoms with Crippen molar-refractivity contribution in [2.24, 2.45) is 5.92 Å². The fraction of sp³-hybridized carbons (Fsp3) is 0.375. The number of ketones is 1. The molecule has 0 spiro atoms. The maximum atomic E-state index is 13.2. The molecular formula is C48H62NO10PSSi. The van der Waals surface area contributed by atoms with E-state index in [-0.39, 0.29) is 48.1 Å². The number of carbonyl (C=O) groups excluding carboxylic acids is 1. The second-order valence-electron chi connectivity index (χ2n) is 16.4. The molecule has 4 aromatic carbocycles. The number of benzene rings is 4. The minimum atomic E-state index is -3.36. The molecule has 62 heavy (non-hydrogen) atoms. The molecule has 0 aliphatic carbocycles. The molecule has 0 aliphatic rings. The van der Waals surface area contributed by atoms with Crippen LogP contribution in [0.25, 0.3) is 0 Å². The van der Waals surface area contributed by atoms with Crippen molar-refractivity contribution in [3.05, 3.63) is 138 Å². The zero-order chi connectivity index (χ0) is 45.6. The van der Waals surface area contributed by atoms with E-state index in [4.69, 9.17) is 22.9 Å². The number of rotatable bonds is 20. The summed E-state index contributed by atoms with van der Waals surface area (Å²) in [6.07, 6.45) is 2.20. The molecule has 334 valence electrons. The van der Waals surface area contributed by atoms with Gasteiger partial charge in [-0.2, -0.15) is 0 Å². The van der Waals surface area contributed by atoms with Crippen LogP contribution in [0.5, 0.6) is 17.2 Å². The van der Waals surface area contributed by atoms with Gasteiger partial charge < -0.3 is 28.1 Å². The SMILES string of the molecule is CC(C)CO[Si](c1ccccc1)(c1ccccc1)C(C)(C)C.CCOP(=O)(Cc1ccc(CC(=O)c2cc(Oc3ccc(S(C)(=O)=O)cc3)cc(O[C@@H](C)CO)c2)nc1)OCC. The summed E-state index contributed by atoms with van der Waals surface area (Å²) in [6, 6.07) is 35.7. The number of carbonyl (C=O) groups is 1. The first-order valence-corrected chi connectivity index (χ1v) is 26.4. The van der Waals surface area contributed by atoms with Gasteiger partial charge in [0.05, 0.1) is 37.3 Å². The van der Waals surface area contributed by atoms with Gasteiger partial charge >= 0.3 is 7.60 Å².